The first-order chi connectivity index (χ1) is 8.86. The number of aromatic nitrogens is 1. The molecule has 1 aliphatic rings. The maximum Gasteiger partial charge on any atom is 0.231 e. The zero-order chi connectivity index (χ0) is 12.4. The Bertz CT molecular complexity index is 634. The SMILES string of the molecule is N#Cc1ncccc1Nc1ccc2c(c1)OCO2. The van der Waals surface area contributed by atoms with Crippen LogP contribution in [-0.2, 0) is 0 Å². The fraction of sp³-hybridized carbons (Fsp3) is 0.0769. The minimum atomic E-state index is 0.245. The highest BCUT2D eigenvalue weighted by atomic mass is 16.7. The van der Waals surface area contributed by atoms with E-state index in [4.69, 9.17) is 14.7 Å². The van der Waals surface area contributed by atoms with E-state index in [1.807, 2.05) is 24.3 Å². The van der Waals surface area contributed by atoms with Crippen LogP contribution in [0.25, 0.3) is 0 Å². The Morgan fingerprint density at radius 1 is 1.22 bits per heavy atom. The van der Waals surface area contributed by atoms with Crippen LogP contribution < -0.4 is 14.8 Å². The van der Waals surface area contributed by atoms with Gasteiger partial charge >= 0.3 is 0 Å². The molecule has 1 N–H and O–H groups in total. The molecule has 3 rings (SSSR count). The average molecular weight is 239 g/mol. The molecule has 0 radical (unpaired) electrons. The fourth-order valence-electron chi connectivity index (χ4n) is 1.73. The molecule has 1 aromatic carbocycles. The highest BCUT2D eigenvalue weighted by Crippen LogP contribution is 2.35. The Labute approximate surface area is 104 Å². The minimum Gasteiger partial charge on any atom is -0.454 e. The van der Waals surface area contributed by atoms with Gasteiger partial charge in [0.1, 0.15) is 6.07 Å². The number of rotatable bonds is 2. The standard InChI is InChI=1S/C13H9N3O2/c14-7-11-10(2-1-5-15-11)16-9-3-4-12-13(6-9)18-8-17-12/h1-6,16H,8H2. The lowest BCUT2D eigenvalue weighted by Crippen LogP contribution is -1.95. The van der Waals surface area contributed by atoms with Crippen molar-refractivity contribution in [2.45, 2.75) is 0 Å². The lowest BCUT2D eigenvalue weighted by molar-refractivity contribution is 0.174. The number of ether oxygens (including phenoxy) is 2. The van der Waals surface area contributed by atoms with Gasteiger partial charge in [-0.25, -0.2) is 4.98 Å². The van der Waals surface area contributed by atoms with Gasteiger partial charge in [0.25, 0.3) is 0 Å². The summed E-state index contributed by atoms with van der Waals surface area (Å²) >= 11 is 0. The average Bonchev–Trinajstić information content (AvgIpc) is 2.87. The zero-order valence-electron chi connectivity index (χ0n) is 9.38. The minimum absolute atomic E-state index is 0.245. The predicted molar refractivity (Wildman–Crippen MR) is 64.8 cm³/mol. The summed E-state index contributed by atoms with van der Waals surface area (Å²) in [5, 5.41) is 12.1. The molecule has 2 heterocycles. The fourth-order valence-corrected chi connectivity index (χ4v) is 1.73. The van der Waals surface area contributed by atoms with Gasteiger partial charge in [-0.15, -0.1) is 0 Å². The molecule has 0 aliphatic carbocycles. The van der Waals surface area contributed by atoms with Gasteiger partial charge in [0, 0.05) is 18.0 Å². The molecule has 18 heavy (non-hydrogen) atoms. The molecule has 2 aromatic rings. The molecule has 88 valence electrons. The highest BCUT2D eigenvalue weighted by Gasteiger charge is 2.13. The highest BCUT2D eigenvalue weighted by molar-refractivity contribution is 5.67. The number of hydrogen-bond donors (Lipinski definition) is 1. The van der Waals surface area contributed by atoms with Gasteiger partial charge in [0.05, 0.1) is 5.69 Å². The normalized spacial score (nSPS) is 11.9. The molecule has 0 amide bonds. The van der Waals surface area contributed by atoms with Crippen LogP contribution in [0.2, 0.25) is 0 Å². The van der Waals surface area contributed by atoms with Crippen LogP contribution in [0.1, 0.15) is 5.69 Å². The third-order valence-corrected chi connectivity index (χ3v) is 2.57. The summed E-state index contributed by atoms with van der Waals surface area (Å²) in [6.45, 7) is 0.245. The van der Waals surface area contributed by atoms with Crippen molar-refractivity contribution in [3.8, 4) is 17.6 Å². The molecule has 0 saturated heterocycles. The van der Waals surface area contributed by atoms with E-state index in [1.54, 1.807) is 18.3 Å². The molecule has 0 atom stereocenters. The smallest absolute Gasteiger partial charge is 0.231 e. The van der Waals surface area contributed by atoms with Crippen molar-refractivity contribution >= 4 is 11.4 Å². The lowest BCUT2D eigenvalue weighted by atomic mass is 10.2. The molecule has 0 bridgehead atoms. The van der Waals surface area contributed by atoms with Gasteiger partial charge in [-0.2, -0.15) is 5.26 Å². The molecule has 0 fully saturated rings. The first-order valence-corrected chi connectivity index (χ1v) is 5.38. The van der Waals surface area contributed by atoms with Gasteiger partial charge in [0.2, 0.25) is 6.79 Å². The number of nitrogens with zero attached hydrogens (tertiary/aromatic N) is 2. The van der Waals surface area contributed by atoms with E-state index in [0.717, 1.165) is 11.4 Å². The van der Waals surface area contributed by atoms with Crippen molar-refractivity contribution in [2.24, 2.45) is 0 Å². The van der Waals surface area contributed by atoms with Gasteiger partial charge in [0.15, 0.2) is 17.2 Å². The Kier molecular flexibility index (Phi) is 2.47. The lowest BCUT2D eigenvalue weighted by Gasteiger charge is -2.07. The summed E-state index contributed by atoms with van der Waals surface area (Å²) in [5.41, 5.74) is 1.85. The number of pyridine rings is 1. The number of anilines is 2. The van der Waals surface area contributed by atoms with Crippen LogP contribution in [0.15, 0.2) is 36.5 Å². The van der Waals surface area contributed by atoms with Crippen molar-refractivity contribution in [3.63, 3.8) is 0 Å². The molecular weight excluding hydrogens is 230 g/mol. The maximum atomic E-state index is 8.95. The third kappa shape index (κ3) is 1.80. The van der Waals surface area contributed by atoms with Crippen molar-refractivity contribution in [1.29, 1.82) is 5.26 Å². The van der Waals surface area contributed by atoms with Crippen LogP contribution in [0, 0.1) is 11.3 Å². The zero-order valence-corrected chi connectivity index (χ0v) is 9.38. The summed E-state index contributed by atoms with van der Waals surface area (Å²) < 4.78 is 10.5. The Morgan fingerprint density at radius 3 is 3.00 bits per heavy atom. The van der Waals surface area contributed by atoms with Crippen molar-refractivity contribution in [3.05, 3.63) is 42.2 Å². The largest absolute Gasteiger partial charge is 0.454 e. The number of benzene rings is 1. The summed E-state index contributed by atoms with van der Waals surface area (Å²) in [4.78, 5) is 3.99. The number of hydrogen-bond acceptors (Lipinski definition) is 5. The summed E-state index contributed by atoms with van der Waals surface area (Å²) in [5.74, 6) is 1.43. The Hall–Kier alpha value is -2.74. The van der Waals surface area contributed by atoms with E-state index in [1.165, 1.54) is 0 Å². The Balaban J connectivity index is 1.91. The number of nitrogens with one attached hydrogen (secondary N) is 1. The van der Waals surface area contributed by atoms with Crippen LogP contribution in [0.4, 0.5) is 11.4 Å². The van der Waals surface area contributed by atoms with Gasteiger partial charge in [-0.05, 0) is 24.3 Å². The predicted octanol–water partition coefficient (Wildman–Crippen LogP) is 2.43. The van der Waals surface area contributed by atoms with E-state index in [9.17, 15) is 0 Å². The first kappa shape index (κ1) is 10.4. The Morgan fingerprint density at radius 2 is 2.11 bits per heavy atom. The summed E-state index contributed by atoms with van der Waals surface area (Å²) in [6.07, 6.45) is 1.59. The quantitative estimate of drug-likeness (QED) is 0.871. The van der Waals surface area contributed by atoms with Gasteiger partial charge in [-0.3, -0.25) is 0 Å². The first-order valence-electron chi connectivity index (χ1n) is 5.38. The summed E-state index contributed by atoms with van der Waals surface area (Å²) in [7, 11) is 0. The monoisotopic (exact) mass is 239 g/mol. The van der Waals surface area contributed by atoms with E-state index in [0.29, 0.717) is 17.1 Å². The second-order valence-electron chi connectivity index (χ2n) is 3.70. The van der Waals surface area contributed by atoms with Crippen molar-refractivity contribution < 1.29 is 9.47 Å². The van der Waals surface area contributed by atoms with Crippen molar-refractivity contribution in [1.82, 2.24) is 4.98 Å². The second kappa shape index (κ2) is 4.26. The molecule has 5 nitrogen and oxygen atoms in total. The number of nitriles is 1. The molecule has 0 spiro atoms. The summed E-state index contributed by atoms with van der Waals surface area (Å²) in [6, 6.07) is 11.1. The van der Waals surface area contributed by atoms with E-state index < -0.39 is 0 Å². The number of fused-ring (bicyclic) bond motifs is 1. The second-order valence-corrected chi connectivity index (χ2v) is 3.70. The van der Waals surface area contributed by atoms with E-state index >= 15 is 0 Å². The molecule has 1 aromatic heterocycles. The molecule has 0 unspecified atom stereocenters. The van der Waals surface area contributed by atoms with Crippen LogP contribution >= 0.6 is 0 Å². The van der Waals surface area contributed by atoms with Gasteiger partial charge in [-0.1, -0.05) is 0 Å². The van der Waals surface area contributed by atoms with Crippen LogP contribution in [-0.4, -0.2) is 11.8 Å². The van der Waals surface area contributed by atoms with E-state index in [2.05, 4.69) is 10.3 Å². The van der Waals surface area contributed by atoms with Gasteiger partial charge < -0.3 is 14.8 Å². The van der Waals surface area contributed by atoms with E-state index in [-0.39, 0.29) is 6.79 Å². The molecule has 0 saturated carbocycles. The molecular formula is C13H9N3O2. The van der Waals surface area contributed by atoms with Crippen LogP contribution in [0.5, 0.6) is 11.5 Å². The topological polar surface area (TPSA) is 67.2 Å². The third-order valence-electron chi connectivity index (χ3n) is 2.57. The molecule has 1 aliphatic heterocycles. The maximum absolute atomic E-state index is 8.95. The van der Waals surface area contributed by atoms with Crippen LogP contribution in [0.3, 0.4) is 0 Å². The van der Waals surface area contributed by atoms with Crippen molar-refractivity contribution in [2.75, 3.05) is 12.1 Å². The molecule has 5 heteroatoms.